The summed E-state index contributed by atoms with van der Waals surface area (Å²) in [7, 11) is 2.07. The lowest BCUT2D eigenvalue weighted by atomic mass is 9.84. The van der Waals surface area contributed by atoms with E-state index in [0.29, 0.717) is 0 Å². The third-order valence-corrected chi connectivity index (χ3v) is 3.62. The SMILES string of the molecule is Cn1c(CCC(C)(C)CCN)nc2cnccc21. The lowest BCUT2D eigenvalue weighted by Crippen LogP contribution is -2.18. The topological polar surface area (TPSA) is 56.7 Å². The first kappa shape index (κ1) is 13.0. The van der Waals surface area contributed by atoms with Gasteiger partial charge < -0.3 is 10.3 Å². The molecule has 0 aliphatic heterocycles. The summed E-state index contributed by atoms with van der Waals surface area (Å²) in [6.45, 7) is 5.29. The minimum Gasteiger partial charge on any atom is -0.331 e. The van der Waals surface area contributed by atoms with Crippen LogP contribution in [0.25, 0.3) is 11.0 Å². The fourth-order valence-electron chi connectivity index (χ4n) is 2.29. The maximum absolute atomic E-state index is 5.65. The number of nitrogens with two attached hydrogens (primary N) is 1. The van der Waals surface area contributed by atoms with Crippen LogP contribution in [0.2, 0.25) is 0 Å². The third kappa shape index (κ3) is 2.70. The van der Waals surface area contributed by atoms with Crippen LogP contribution in [0.4, 0.5) is 0 Å². The summed E-state index contributed by atoms with van der Waals surface area (Å²) < 4.78 is 2.16. The molecule has 98 valence electrons. The van der Waals surface area contributed by atoms with Gasteiger partial charge in [0, 0.05) is 19.7 Å². The molecular weight excluding hydrogens is 224 g/mol. The fourth-order valence-corrected chi connectivity index (χ4v) is 2.29. The maximum atomic E-state index is 5.65. The number of fused-ring (bicyclic) bond motifs is 1. The first-order chi connectivity index (χ1) is 8.53. The minimum atomic E-state index is 0.283. The molecule has 0 saturated heterocycles. The van der Waals surface area contributed by atoms with Crippen molar-refractivity contribution in [1.82, 2.24) is 14.5 Å². The van der Waals surface area contributed by atoms with Crippen LogP contribution in [0.5, 0.6) is 0 Å². The Kier molecular flexibility index (Phi) is 3.66. The van der Waals surface area contributed by atoms with E-state index < -0.39 is 0 Å². The summed E-state index contributed by atoms with van der Waals surface area (Å²) in [5, 5.41) is 0. The lowest BCUT2D eigenvalue weighted by Gasteiger charge is -2.23. The van der Waals surface area contributed by atoms with Crippen molar-refractivity contribution in [2.24, 2.45) is 18.2 Å². The highest BCUT2D eigenvalue weighted by molar-refractivity contribution is 5.74. The highest BCUT2D eigenvalue weighted by Crippen LogP contribution is 2.26. The predicted octanol–water partition coefficient (Wildman–Crippen LogP) is 2.28. The van der Waals surface area contributed by atoms with Gasteiger partial charge in [0.15, 0.2) is 0 Å². The van der Waals surface area contributed by atoms with Crippen LogP contribution in [-0.2, 0) is 13.5 Å². The van der Waals surface area contributed by atoms with E-state index in [2.05, 4.69) is 35.4 Å². The summed E-state index contributed by atoms with van der Waals surface area (Å²) in [5.41, 5.74) is 8.06. The molecule has 0 unspecified atom stereocenters. The van der Waals surface area contributed by atoms with E-state index in [-0.39, 0.29) is 5.41 Å². The Bertz CT molecular complexity index is 528. The van der Waals surface area contributed by atoms with Crippen LogP contribution in [0.15, 0.2) is 18.5 Å². The molecule has 2 heterocycles. The van der Waals surface area contributed by atoms with Gasteiger partial charge in [0.05, 0.1) is 11.7 Å². The minimum absolute atomic E-state index is 0.283. The number of nitrogens with zero attached hydrogens (tertiary/aromatic N) is 3. The van der Waals surface area contributed by atoms with Gasteiger partial charge in [-0.25, -0.2) is 4.98 Å². The normalized spacial score (nSPS) is 12.2. The van der Waals surface area contributed by atoms with Crippen molar-refractivity contribution in [3.63, 3.8) is 0 Å². The highest BCUT2D eigenvalue weighted by Gasteiger charge is 2.18. The Hall–Kier alpha value is -1.42. The molecule has 2 aromatic heterocycles. The summed E-state index contributed by atoms with van der Waals surface area (Å²) in [6, 6.07) is 2.01. The number of aromatic nitrogens is 3. The Balaban J connectivity index is 2.15. The molecule has 2 N–H and O–H groups in total. The van der Waals surface area contributed by atoms with E-state index in [1.807, 2.05) is 18.5 Å². The molecule has 2 aromatic rings. The predicted molar refractivity (Wildman–Crippen MR) is 74.3 cm³/mol. The molecule has 0 amide bonds. The van der Waals surface area contributed by atoms with E-state index in [9.17, 15) is 0 Å². The Morgan fingerprint density at radius 3 is 2.78 bits per heavy atom. The summed E-state index contributed by atoms with van der Waals surface area (Å²) in [6.07, 6.45) is 6.78. The molecule has 0 spiro atoms. The second-order valence-electron chi connectivity index (χ2n) is 5.65. The van der Waals surface area contributed by atoms with Crippen molar-refractivity contribution in [2.45, 2.75) is 33.1 Å². The molecule has 18 heavy (non-hydrogen) atoms. The van der Waals surface area contributed by atoms with Gasteiger partial charge in [-0.2, -0.15) is 0 Å². The Morgan fingerprint density at radius 2 is 2.11 bits per heavy atom. The second kappa shape index (κ2) is 5.06. The van der Waals surface area contributed by atoms with E-state index in [1.54, 1.807) is 0 Å². The molecule has 0 saturated carbocycles. The van der Waals surface area contributed by atoms with E-state index in [1.165, 1.54) is 0 Å². The Morgan fingerprint density at radius 1 is 1.33 bits per heavy atom. The van der Waals surface area contributed by atoms with E-state index in [0.717, 1.165) is 42.7 Å². The zero-order valence-electron chi connectivity index (χ0n) is 11.5. The zero-order chi connectivity index (χ0) is 13.2. The van der Waals surface area contributed by atoms with Gasteiger partial charge in [-0.3, -0.25) is 4.98 Å². The van der Waals surface area contributed by atoms with Crippen molar-refractivity contribution in [3.05, 3.63) is 24.3 Å². The molecule has 4 heteroatoms. The smallest absolute Gasteiger partial charge is 0.109 e. The molecule has 0 atom stereocenters. The molecule has 0 aliphatic carbocycles. The summed E-state index contributed by atoms with van der Waals surface area (Å²) >= 11 is 0. The van der Waals surface area contributed by atoms with Crippen LogP contribution in [-0.4, -0.2) is 21.1 Å². The number of hydrogen-bond acceptors (Lipinski definition) is 3. The van der Waals surface area contributed by atoms with Crippen LogP contribution < -0.4 is 5.73 Å². The van der Waals surface area contributed by atoms with Crippen LogP contribution in [0, 0.1) is 5.41 Å². The standard InChI is InChI=1S/C14H22N4/c1-14(2,7-8-15)6-4-13-17-11-10-16-9-5-12(11)18(13)3/h5,9-10H,4,6-8,15H2,1-3H3. The van der Waals surface area contributed by atoms with Crippen molar-refractivity contribution in [1.29, 1.82) is 0 Å². The lowest BCUT2D eigenvalue weighted by molar-refractivity contribution is 0.310. The first-order valence-electron chi connectivity index (χ1n) is 6.49. The molecule has 2 rings (SSSR count). The molecule has 0 aromatic carbocycles. The Labute approximate surface area is 108 Å². The monoisotopic (exact) mass is 246 g/mol. The summed E-state index contributed by atoms with van der Waals surface area (Å²) in [5.74, 6) is 1.13. The van der Waals surface area contributed by atoms with Gasteiger partial charge in [-0.15, -0.1) is 0 Å². The fraction of sp³-hybridized carbons (Fsp3) is 0.571. The molecule has 0 aliphatic rings. The van der Waals surface area contributed by atoms with Crippen LogP contribution >= 0.6 is 0 Å². The van der Waals surface area contributed by atoms with Gasteiger partial charge in [0.1, 0.15) is 11.3 Å². The van der Waals surface area contributed by atoms with Crippen LogP contribution in [0.3, 0.4) is 0 Å². The van der Waals surface area contributed by atoms with Gasteiger partial charge in [-0.1, -0.05) is 13.8 Å². The van der Waals surface area contributed by atoms with Gasteiger partial charge in [-0.05, 0) is 30.9 Å². The van der Waals surface area contributed by atoms with Gasteiger partial charge >= 0.3 is 0 Å². The van der Waals surface area contributed by atoms with E-state index >= 15 is 0 Å². The molecule has 0 fully saturated rings. The third-order valence-electron chi connectivity index (χ3n) is 3.62. The molecular formula is C14H22N4. The average Bonchev–Trinajstić information content (AvgIpc) is 2.65. The van der Waals surface area contributed by atoms with Gasteiger partial charge in [0.2, 0.25) is 0 Å². The van der Waals surface area contributed by atoms with Gasteiger partial charge in [0.25, 0.3) is 0 Å². The average molecular weight is 246 g/mol. The quantitative estimate of drug-likeness (QED) is 0.880. The van der Waals surface area contributed by atoms with Crippen molar-refractivity contribution in [3.8, 4) is 0 Å². The maximum Gasteiger partial charge on any atom is 0.109 e. The number of rotatable bonds is 5. The summed E-state index contributed by atoms with van der Waals surface area (Å²) in [4.78, 5) is 8.76. The number of imidazole rings is 1. The van der Waals surface area contributed by atoms with Crippen molar-refractivity contribution < 1.29 is 0 Å². The first-order valence-corrected chi connectivity index (χ1v) is 6.49. The van der Waals surface area contributed by atoms with E-state index in [4.69, 9.17) is 5.73 Å². The zero-order valence-corrected chi connectivity index (χ0v) is 11.5. The van der Waals surface area contributed by atoms with Crippen molar-refractivity contribution in [2.75, 3.05) is 6.54 Å². The number of aryl methyl sites for hydroxylation is 2. The highest BCUT2D eigenvalue weighted by atomic mass is 15.1. The largest absolute Gasteiger partial charge is 0.331 e. The second-order valence-corrected chi connectivity index (χ2v) is 5.65. The van der Waals surface area contributed by atoms with Crippen molar-refractivity contribution >= 4 is 11.0 Å². The number of pyridine rings is 1. The number of hydrogen-bond donors (Lipinski definition) is 1. The molecule has 0 radical (unpaired) electrons. The van der Waals surface area contributed by atoms with Crippen LogP contribution in [0.1, 0.15) is 32.5 Å². The molecule has 4 nitrogen and oxygen atoms in total. The molecule has 0 bridgehead atoms.